The van der Waals surface area contributed by atoms with Crippen molar-refractivity contribution in [1.29, 1.82) is 0 Å². The molecule has 98 valence electrons. The first-order valence-electron chi connectivity index (χ1n) is 6.04. The van der Waals surface area contributed by atoms with Crippen molar-refractivity contribution in [3.8, 4) is 0 Å². The lowest BCUT2D eigenvalue weighted by atomic mass is 10.2. The molecule has 0 unspecified atom stereocenters. The Balaban J connectivity index is 1.81. The van der Waals surface area contributed by atoms with Crippen LogP contribution in [0.1, 0.15) is 10.4 Å². The average molecular weight is 281 g/mol. The molecule has 5 heteroatoms. The third-order valence-corrected chi connectivity index (χ3v) is 3.67. The lowest BCUT2D eigenvalue weighted by Gasteiger charge is -2.07. The van der Waals surface area contributed by atoms with Gasteiger partial charge in [-0.1, -0.05) is 6.07 Å². The highest BCUT2D eigenvalue weighted by Gasteiger charge is 2.03. The number of rotatable bonds is 4. The van der Waals surface area contributed by atoms with Gasteiger partial charge in [-0.3, -0.25) is 14.8 Å². The Bertz CT molecular complexity index is 738. The molecule has 1 heterocycles. The molecule has 0 amide bonds. The third-order valence-electron chi connectivity index (χ3n) is 2.79. The smallest absolute Gasteiger partial charge is 0.150 e. The van der Waals surface area contributed by atoms with E-state index in [-0.39, 0.29) is 0 Å². The number of hydrogen-bond donors (Lipinski definition) is 1. The molecule has 0 saturated carbocycles. The molecule has 1 aromatic heterocycles. The van der Waals surface area contributed by atoms with Gasteiger partial charge in [0.25, 0.3) is 0 Å². The summed E-state index contributed by atoms with van der Waals surface area (Å²) < 4.78 is 3.24. The zero-order valence-electron chi connectivity index (χ0n) is 10.5. The highest BCUT2D eigenvalue weighted by atomic mass is 32.2. The number of nitrogens with one attached hydrogen (secondary N) is 1. The molecule has 2 aromatic carbocycles. The van der Waals surface area contributed by atoms with E-state index in [1.54, 1.807) is 24.5 Å². The van der Waals surface area contributed by atoms with Crippen molar-refractivity contribution in [2.45, 2.75) is 4.90 Å². The van der Waals surface area contributed by atoms with E-state index in [2.05, 4.69) is 14.7 Å². The van der Waals surface area contributed by atoms with Gasteiger partial charge in [0.15, 0.2) is 0 Å². The fraction of sp³-hybridized carbons (Fsp3) is 0. The van der Waals surface area contributed by atoms with E-state index in [0.717, 1.165) is 27.9 Å². The molecule has 1 N–H and O–H groups in total. The average Bonchev–Trinajstić information content (AvgIpc) is 2.53. The molecule has 0 atom stereocenters. The number of aromatic nitrogens is 2. The van der Waals surface area contributed by atoms with Gasteiger partial charge in [-0.2, -0.15) is 0 Å². The van der Waals surface area contributed by atoms with Crippen LogP contribution in [0, 0.1) is 0 Å². The molecule has 0 aliphatic rings. The third kappa shape index (κ3) is 2.62. The fourth-order valence-corrected chi connectivity index (χ4v) is 2.56. The molecule has 0 spiro atoms. The summed E-state index contributed by atoms with van der Waals surface area (Å²) in [6.07, 6.45) is 4.20. The number of anilines is 1. The number of para-hydroxylation sites is 1. The Morgan fingerprint density at radius 3 is 2.60 bits per heavy atom. The van der Waals surface area contributed by atoms with Crippen LogP contribution < -0.4 is 4.72 Å². The molecular weight excluding hydrogens is 270 g/mol. The number of fused-ring (bicyclic) bond motifs is 1. The first-order chi connectivity index (χ1) is 9.86. The Kier molecular flexibility index (Phi) is 3.60. The van der Waals surface area contributed by atoms with E-state index in [4.69, 9.17) is 0 Å². The second-order valence-electron chi connectivity index (χ2n) is 4.12. The van der Waals surface area contributed by atoms with Crippen molar-refractivity contribution in [3.63, 3.8) is 0 Å². The van der Waals surface area contributed by atoms with Gasteiger partial charge in [0, 0.05) is 23.6 Å². The zero-order valence-corrected chi connectivity index (χ0v) is 11.3. The summed E-state index contributed by atoms with van der Waals surface area (Å²) in [5.74, 6) is 0. The van der Waals surface area contributed by atoms with E-state index in [9.17, 15) is 4.79 Å². The minimum absolute atomic E-state index is 0.663. The van der Waals surface area contributed by atoms with Crippen LogP contribution in [0.4, 0.5) is 5.69 Å². The molecule has 0 aliphatic heterocycles. The van der Waals surface area contributed by atoms with Crippen molar-refractivity contribution in [1.82, 2.24) is 9.97 Å². The molecule has 0 aliphatic carbocycles. The van der Waals surface area contributed by atoms with Crippen LogP contribution >= 0.6 is 11.9 Å². The number of aldehydes is 1. The van der Waals surface area contributed by atoms with E-state index >= 15 is 0 Å². The van der Waals surface area contributed by atoms with Crippen molar-refractivity contribution >= 4 is 35.0 Å². The summed E-state index contributed by atoms with van der Waals surface area (Å²) in [7, 11) is 0. The van der Waals surface area contributed by atoms with Crippen molar-refractivity contribution < 1.29 is 4.79 Å². The molecule has 4 nitrogen and oxygen atoms in total. The van der Waals surface area contributed by atoms with Crippen molar-refractivity contribution in [2.24, 2.45) is 0 Å². The predicted octanol–water partition coefficient (Wildman–Crippen LogP) is 3.56. The first kappa shape index (κ1) is 12.6. The summed E-state index contributed by atoms with van der Waals surface area (Å²) in [6.45, 7) is 0. The molecule has 0 radical (unpaired) electrons. The minimum atomic E-state index is 0.663. The van der Waals surface area contributed by atoms with E-state index in [1.165, 1.54) is 11.9 Å². The van der Waals surface area contributed by atoms with Gasteiger partial charge in [0.1, 0.15) is 11.8 Å². The van der Waals surface area contributed by atoms with Gasteiger partial charge in [-0.25, -0.2) is 0 Å². The van der Waals surface area contributed by atoms with Crippen LogP contribution in [-0.4, -0.2) is 16.3 Å². The minimum Gasteiger partial charge on any atom is -0.326 e. The predicted molar refractivity (Wildman–Crippen MR) is 80.8 cm³/mol. The van der Waals surface area contributed by atoms with Crippen LogP contribution in [0.15, 0.2) is 59.8 Å². The Hall–Kier alpha value is -2.40. The quantitative estimate of drug-likeness (QED) is 0.585. The number of carbonyl (C=O) groups is 1. The fourth-order valence-electron chi connectivity index (χ4n) is 1.79. The maximum Gasteiger partial charge on any atom is 0.150 e. The molecule has 3 aromatic rings. The van der Waals surface area contributed by atoms with Gasteiger partial charge < -0.3 is 4.72 Å². The molecule has 20 heavy (non-hydrogen) atoms. The monoisotopic (exact) mass is 281 g/mol. The number of carbonyl (C=O) groups excluding carboxylic acids is 1. The van der Waals surface area contributed by atoms with E-state index in [1.807, 2.05) is 30.3 Å². The normalized spacial score (nSPS) is 10.4. The topological polar surface area (TPSA) is 54.9 Å². The first-order valence-corrected chi connectivity index (χ1v) is 6.86. The summed E-state index contributed by atoms with van der Waals surface area (Å²) in [5.41, 5.74) is 3.34. The maximum atomic E-state index is 10.6. The Labute approximate surface area is 120 Å². The molecule has 0 bridgehead atoms. The number of nitrogens with zero attached hydrogens (tertiary/aromatic N) is 2. The Morgan fingerprint density at radius 2 is 1.80 bits per heavy atom. The summed E-state index contributed by atoms with van der Waals surface area (Å²) >= 11 is 1.48. The molecular formula is C15H11N3OS. The lowest BCUT2D eigenvalue weighted by molar-refractivity contribution is 0.112. The van der Waals surface area contributed by atoms with Crippen LogP contribution in [0.5, 0.6) is 0 Å². The van der Waals surface area contributed by atoms with Crippen molar-refractivity contribution in [2.75, 3.05) is 4.72 Å². The summed E-state index contributed by atoms with van der Waals surface area (Å²) in [6, 6.07) is 13.2. The molecule has 3 rings (SSSR count). The highest BCUT2D eigenvalue weighted by molar-refractivity contribution is 8.00. The summed E-state index contributed by atoms with van der Waals surface area (Å²) in [5, 5.41) is 0. The zero-order chi connectivity index (χ0) is 13.8. The van der Waals surface area contributed by atoms with Crippen LogP contribution in [0.3, 0.4) is 0 Å². The maximum absolute atomic E-state index is 10.6. The number of benzene rings is 2. The van der Waals surface area contributed by atoms with Crippen molar-refractivity contribution in [3.05, 3.63) is 60.4 Å². The second-order valence-corrected chi connectivity index (χ2v) is 4.97. The molecule has 0 saturated heterocycles. The SMILES string of the molecule is O=Cc1ccc(NSc2cccc3nccnc23)cc1. The van der Waals surface area contributed by atoms with Gasteiger partial charge in [-0.05, 0) is 48.3 Å². The lowest BCUT2D eigenvalue weighted by Crippen LogP contribution is -1.90. The number of hydrogen-bond acceptors (Lipinski definition) is 5. The van der Waals surface area contributed by atoms with Crippen LogP contribution in [0.25, 0.3) is 11.0 Å². The summed E-state index contributed by atoms with van der Waals surface area (Å²) in [4.78, 5) is 20.2. The van der Waals surface area contributed by atoms with E-state index in [0.29, 0.717) is 5.56 Å². The highest BCUT2D eigenvalue weighted by Crippen LogP contribution is 2.26. The van der Waals surface area contributed by atoms with Gasteiger partial charge in [0.05, 0.1) is 10.4 Å². The standard InChI is InChI=1S/C15H11N3OS/c19-10-11-4-6-12(7-5-11)18-20-14-3-1-2-13-15(14)17-9-8-16-13/h1-10,18H. The molecule has 0 fully saturated rings. The van der Waals surface area contributed by atoms with Gasteiger partial charge >= 0.3 is 0 Å². The van der Waals surface area contributed by atoms with Crippen LogP contribution in [0.2, 0.25) is 0 Å². The van der Waals surface area contributed by atoms with Gasteiger partial charge in [0.2, 0.25) is 0 Å². The van der Waals surface area contributed by atoms with E-state index < -0.39 is 0 Å². The van der Waals surface area contributed by atoms with Gasteiger partial charge in [-0.15, -0.1) is 0 Å². The van der Waals surface area contributed by atoms with Crippen LogP contribution in [-0.2, 0) is 0 Å². The second kappa shape index (κ2) is 5.71. The largest absolute Gasteiger partial charge is 0.326 e. The Morgan fingerprint density at radius 1 is 1.00 bits per heavy atom.